The molecule has 1 fully saturated rings. The lowest BCUT2D eigenvalue weighted by atomic mass is 9.88. The van der Waals surface area contributed by atoms with Crippen molar-refractivity contribution >= 4 is 22.7 Å². The molecule has 174 valence electrons. The van der Waals surface area contributed by atoms with Gasteiger partial charge in [0.1, 0.15) is 0 Å². The van der Waals surface area contributed by atoms with Crippen molar-refractivity contribution in [3.05, 3.63) is 52.2 Å². The lowest BCUT2D eigenvalue weighted by molar-refractivity contribution is -0.132. The molecule has 1 aliphatic heterocycles. The number of aromatic nitrogens is 3. The van der Waals surface area contributed by atoms with E-state index in [0.29, 0.717) is 31.8 Å². The molecule has 4 rings (SSSR count). The van der Waals surface area contributed by atoms with Crippen molar-refractivity contribution in [1.29, 1.82) is 0 Å². The SMILES string of the molecule is COc1nn(C)c2nc(C)c(CCC(=O)N3CCC(C(=O)c4ccc(C)cc4)CC3)c(C)c12. The summed E-state index contributed by atoms with van der Waals surface area (Å²) in [6.07, 6.45) is 2.49. The molecule has 1 aliphatic rings. The lowest BCUT2D eigenvalue weighted by Crippen LogP contribution is -2.40. The van der Waals surface area contributed by atoms with E-state index in [9.17, 15) is 9.59 Å². The van der Waals surface area contributed by atoms with Gasteiger partial charge in [0.05, 0.1) is 12.5 Å². The van der Waals surface area contributed by atoms with Crippen molar-refractivity contribution in [2.75, 3.05) is 20.2 Å². The molecule has 2 aromatic heterocycles. The molecule has 1 amide bonds. The number of Topliss-reactive ketones (excluding diaryl/α,β-unsaturated/α-hetero) is 1. The van der Waals surface area contributed by atoms with E-state index >= 15 is 0 Å². The Bertz CT molecular complexity index is 1190. The largest absolute Gasteiger partial charge is 0.479 e. The minimum Gasteiger partial charge on any atom is -0.479 e. The van der Waals surface area contributed by atoms with E-state index in [2.05, 4.69) is 5.10 Å². The maximum Gasteiger partial charge on any atom is 0.242 e. The third-order valence-corrected chi connectivity index (χ3v) is 6.86. The second-order valence-corrected chi connectivity index (χ2v) is 9.02. The molecule has 0 saturated carbocycles. The van der Waals surface area contributed by atoms with Crippen LogP contribution in [-0.2, 0) is 18.3 Å². The number of ether oxygens (including phenoxy) is 1. The molecule has 3 aromatic rings. The third kappa shape index (κ3) is 4.49. The zero-order valence-electron chi connectivity index (χ0n) is 20.1. The Hall–Kier alpha value is -3.22. The van der Waals surface area contributed by atoms with Gasteiger partial charge in [0.15, 0.2) is 11.4 Å². The second-order valence-electron chi connectivity index (χ2n) is 9.02. The van der Waals surface area contributed by atoms with Gasteiger partial charge in [0.2, 0.25) is 11.8 Å². The monoisotopic (exact) mass is 448 g/mol. The number of hydrogen-bond acceptors (Lipinski definition) is 5. The van der Waals surface area contributed by atoms with Crippen molar-refractivity contribution in [2.24, 2.45) is 13.0 Å². The second kappa shape index (κ2) is 9.33. The topological polar surface area (TPSA) is 77.3 Å². The van der Waals surface area contributed by atoms with Crippen LogP contribution >= 0.6 is 0 Å². The highest BCUT2D eigenvalue weighted by Gasteiger charge is 2.28. The number of hydrogen-bond donors (Lipinski definition) is 0. The number of aryl methyl sites for hydroxylation is 4. The number of benzene rings is 1. The van der Waals surface area contributed by atoms with Crippen LogP contribution in [0.5, 0.6) is 5.88 Å². The summed E-state index contributed by atoms with van der Waals surface area (Å²) in [6, 6.07) is 7.76. The van der Waals surface area contributed by atoms with Gasteiger partial charge < -0.3 is 9.64 Å². The van der Waals surface area contributed by atoms with E-state index in [-0.39, 0.29) is 17.6 Å². The highest BCUT2D eigenvalue weighted by molar-refractivity contribution is 5.98. The zero-order valence-corrected chi connectivity index (χ0v) is 20.1. The van der Waals surface area contributed by atoms with Crippen LogP contribution in [0.1, 0.15) is 52.0 Å². The maximum atomic E-state index is 12.9. The molecule has 0 radical (unpaired) electrons. The summed E-state index contributed by atoms with van der Waals surface area (Å²) < 4.78 is 7.16. The van der Waals surface area contributed by atoms with E-state index in [0.717, 1.165) is 51.8 Å². The van der Waals surface area contributed by atoms with Gasteiger partial charge in [-0.3, -0.25) is 9.59 Å². The standard InChI is InChI=1S/C26H32N4O3/c1-16-6-8-19(9-7-16)24(32)20-12-14-30(15-13-20)22(31)11-10-21-17(2)23-25(27-18(21)3)29(4)28-26(23)33-5/h6-9,20H,10-15H2,1-5H3. The number of amides is 1. The summed E-state index contributed by atoms with van der Waals surface area (Å²) in [5.74, 6) is 0.878. The zero-order chi connectivity index (χ0) is 23.7. The van der Waals surface area contributed by atoms with Gasteiger partial charge in [-0.2, -0.15) is 0 Å². The number of carbonyl (C=O) groups excluding carboxylic acids is 2. The minimum atomic E-state index is -0.00843. The first-order chi connectivity index (χ1) is 15.8. The van der Waals surface area contributed by atoms with Crippen LogP contribution in [0.15, 0.2) is 24.3 Å². The Kier molecular flexibility index (Phi) is 6.49. The number of methoxy groups -OCH3 is 1. The summed E-state index contributed by atoms with van der Waals surface area (Å²) in [7, 11) is 3.46. The summed E-state index contributed by atoms with van der Waals surface area (Å²) in [6.45, 7) is 7.30. The number of likely N-dealkylation sites (tertiary alicyclic amines) is 1. The van der Waals surface area contributed by atoms with Gasteiger partial charge in [-0.15, -0.1) is 5.10 Å². The lowest BCUT2D eigenvalue weighted by Gasteiger charge is -2.31. The molecule has 3 heterocycles. The van der Waals surface area contributed by atoms with Crippen molar-refractivity contribution in [1.82, 2.24) is 19.7 Å². The normalized spacial score (nSPS) is 14.6. The van der Waals surface area contributed by atoms with Gasteiger partial charge in [0, 0.05) is 43.7 Å². The number of ketones is 1. The average Bonchev–Trinajstić information content (AvgIpc) is 3.14. The van der Waals surface area contributed by atoms with E-state index in [1.807, 2.05) is 57.0 Å². The maximum absolute atomic E-state index is 12.9. The van der Waals surface area contributed by atoms with Crippen LogP contribution in [-0.4, -0.2) is 51.6 Å². The first kappa shape index (κ1) is 23.0. The van der Waals surface area contributed by atoms with Crippen LogP contribution < -0.4 is 4.74 Å². The Morgan fingerprint density at radius 1 is 1.09 bits per heavy atom. The molecule has 0 N–H and O–H groups in total. The van der Waals surface area contributed by atoms with Gasteiger partial charge >= 0.3 is 0 Å². The molecular weight excluding hydrogens is 416 g/mol. The fourth-order valence-electron chi connectivity index (χ4n) is 4.84. The van der Waals surface area contributed by atoms with Crippen LogP contribution in [0.3, 0.4) is 0 Å². The van der Waals surface area contributed by atoms with E-state index in [4.69, 9.17) is 9.72 Å². The first-order valence-corrected chi connectivity index (χ1v) is 11.6. The summed E-state index contributed by atoms with van der Waals surface area (Å²) in [5.41, 5.74) is 5.76. The van der Waals surface area contributed by atoms with Crippen LogP contribution in [0.25, 0.3) is 11.0 Å². The quantitative estimate of drug-likeness (QED) is 0.534. The number of rotatable bonds is 6. The van der Waals surface area contributed by atoms with Crippen molar-refractivity contribution in [3.8, 4) is 5.88 Å². The van der Waals surface area contributed by atoms with E-state index in [1.54, 1.807) is 11.8 Å². The van der Waals surface area contributed by atoms with Gasteiger partial charge in [-0.1, -0.05) is 29.8 Å². The fourth-order valence-corrected chi connectivity index (χ4v) is 4.84. The molecule has 0 aliphatic carbocycles. The van der Waals surface area contributed by atoms with Gasteiger partial charge in [-0.25, -0.2) is 9.67 Å². The Morgan fingerprint density at radius 3 is 2.39 bits per heavy atom. The number of pyridine rings is 1. The van der Waals surface area contributed by atoms with Crippen LogP contribution in [0.2, 0.25) is 0 Å². The predicted octanol–water partition coefficient (Wildman–Crippen LogP) is 3.96. The number of piperidine rings is 1. The highest BCUT2D eigenvalue weighted by atomic mass is 16.5. The Morgan fingerprint density at radius 2 is 1.76 bits per heavy atom. The van der Waals surface area contributed by atoms with Crippen LogP contribution in [0.4, 0.5) is 0 Å². The Balaban J connectivity index is 1.38. The predicted molar refractivity (Wildman–Crippen MR) is 128 cm³/mol. The van der Waals surface area contributed by atoms with Crippen molar-refractivity contribution in [2.45, 2.75) is 46.5 Å². The molecule has 0 atom stereocenters. The molecule has 33 heavy (non-hydrogen) atoms. The Labute approximate surface area is 194 Å². The molecular formula is C26H32N4O3. The number of fused-ring (bicyclic) bond motifs is 1. The number of carbonyl (C=O) groups is 2. The molecule has 0 spiro atoms. The smallest absolute Gasteiger partial charge is 0.242 e. The summed E-state index contributed by atoms with van der Waals surface area (Å²) >= 11 is 0. The van der Waals surface area contributed by atoms with Gasteiger partial charge in [0.25, 0.3) is 0 Å². The molecule has 0 bridgehead atoms. The van der Waals surface area contributed by atoms with Crippen LogP contribution in [0, 0.1) is 26.7 Å². The molecule has 0 unspecified atom stereocenters. The highest BCUT2D eigenvalue weighted by Crippen LogP contribution is 2.31. The van der Waals surface area contributed by atoms with Gasteiger partial charge in [-0.05, 0) is 51.2 Å². The van der Waals surface area contributed by atoms with Crippen molar-refractivity contribution in [3.63, 3.8) is 0 Å². The summed E-state index contributed by atoms with van der Waals surface area (Å²) in [4.78, 5) is 32.4. The van der Waals surface area contributed by atoms with E-state index in [1.165, 1.54) is 0 Å². The first-order valence-electron chi connectivity index (χ1n) is 11.6. The van der Waals surface area contributed by atoms with Crippen molar-refractivity contribution < 1.29 is 14.3 Å². The summed E-state index contributed by atoms with van der Waals surface area (Å²) in [5, 5.41) is 5.30. The molecule has 1 aromatic carbocycles. The third-order valence-electron chi connectivity index (χ3n) is 6.86. The minimum absolute atomic E-state index is 0.00843. The average molecular weight is 449 g/mol. The molecule has 7 heteroatoms. The van der Waals surface area contributed by atoms with E-state index < -0.39 is 0 Å². The molecule has 1 saturated heterocycles. The number of nitrogens with zero attached hydrogens (tertiary/aromatic N) is 4. The fraction of sp³-hybridized carbons (Fsp3) is 0.462. The molecule has 7 nitrogen and oxygen atoms in total.